The molecule has 0 aliphatic heterocycles. The van der Waals surface area contributed by atoms with Crippen LogP contribution in [0.5, 0.6) is 0 Å². The molecule has 1 rings (SSSR count). The molecule has 0 bridgehead atoms. The number of anilines is 1. The van der Waals surface area contributed by atoms with Crippen LogP contribution < -0.4 is 9.62 Å². The van der Waals surface area contributed by atoms with Crippen molar-refractivity contribution in [3.05, 3.63) is 29.8 Å². The van der Waals surface area contributed by atoms with Crippen LogP contribution in [0, 0.1) is 6.92 Å². The Balaban J connectivity index is 2.72. The third-order valence-electron chi connectivity index (χ3n) is 2.86. The number of sulfonamides is 1. The van der Waals surface area contributed by atoms with Gasteiger partial charge in [0.1, 0.15) is 0 Å². The van der Waals surface area contributed by atoms with Crippen LogP contribution in [0.3, 0.4) is 0 Å². The summed E-state index contributed by atoms with van der Waals surface area (Å²) in [6.45, 7) is 4.70. The SMILES string of the molecule is CCNC(=O)CCCN(c1ccc(C)cc1)S(C)(=O)=O. The van der Waals surface area contributed by atoms with E-state index >= 15 is 0 Å². The highest BCUT2D eigenvalue weighted by Gasteiger charge is 2.17. The number of amides is 1. The zero-order chi connectivity index (χ0) is 15.2. The van der Waals surface area contributed by atoms with Gasteiger partial charge >= 0.3 is 0 Å². The zero-order valence-electron chi connectivity index (χ0n) is 12.2. The summed E-state index contributed by atoms with van der Waals surface area (Å²) in [7, 11) is -3.34. The highest BCUT2D eigenvalue weighted by atomic mass is 32.2. The van der Waals surface area contributed by atoms with Gasteiger partial charge in [-0.2, -0.15) is 0 Å². The van der Waals surface area contributed by atoms with Crippen molar-refractivity contribution in [1.82, 2.24) is 5.32 Å². The Morgan fingerprint density at radius 3 is 2.35 bits per heavy atom. The lowest BCUT2D eigenvalue weighted by Gasteiger charge is -2.22. The summed E-state index contributed by atoms with van der Waals surface area (Å²) in [5.41, 5.74) is 1.71. The topological polar surface area (TPSA) is 66.5 Å². The number of rotatable bonds is 7. The first-order chi connectivity index (χ1) is 9.34. The van der Waals surface area contributed by atoms with Crippen molar-refractivity contribution < 1.29 is 13.2 Å². The van der Waals surface area contributed by atoms with Crippen molar-refractivity contribution in [2.75, 3.05) is 23.7 Å². The Kier molecular flexibility index (Phi) is 6.01. The van der Waals surface area contributed by atoms with Gasteiger partial charge in [-0.3, -0.25) is 9.10 Å². The number of hydrogen-bond acceptors (Lipinski definition) is 3. The number of hydrogen-bond donors (Lipinski definition) is 1. The first kappa shape index (κ1) is 16.5. The smallest absolute Gasteiger partial charge is 0.232 e. The summed E-state index contributed by atoms with van der Waals surface area (Å²) in [6, 6.07) is 7.31. The number of nitrogens with one attached hydrogen (secondary N) is 1. The van der Waals surface area contributed by atoms with Gasteiger partial charge in [-0.05, 0) is 32.4 Å². The molecule has 0 saturated heterocycles. The van der Waals surface area contributed by atoms with E-state index in [0.717, 1.165) is 5.56 Å². The maximum Gasteiger partial charge on any atom is 0.232 e. The van der Waals surface area contributed by atoms with Crippen LogP contribution >= 0.6 is 0 Å². The molecule has 0 fully saturated rings. The van der Waals surface area contributed by atoms with Crippen LogP contribution in [-0.2, 0) is 14.8 Å². The number of benzene rings is 1. The lowest BCUT2D eigenvalue weighted by molar-refractivity contribution is -0.121. The second-order valence-electron chi connectivity index (χ2n) is 4.73. The Morgan fingerprint density at radius 2 is 1.85 bits per heavy atom. The third kappa shape index (κ3) is 5.21. The van der Waals surface area contributed by atoms with E-state index in [1.807, 2.05) is 26.0 Å². The van der Waals surface area contributed by atoms with Crippen LogP contribution in [0.15, 0.2) is 24.3 Å². The minimum atomic E-state index is -3.34. The lowest BCUT2D eigenvalue weighted by Crippen LogP contribution is -2.32. The van der Waals surface area contributed by atoms with Crippen molar-refractivity contribution in [2.24, 2.45) is 0 Å². The molecule has 0 radical (unpaired) electrons. The fourth-order valence-electron chi connectivity index (χ4n) is 1.87. The van der Waals surface area contributed by atoms with Gasteiger partial charge in [0.2, 0.25) is 15.9 Å². The molecule has 1 aromatic carbocycles. The average Bonchev–Trinajstić information content (AvgIpc) is 2.35. The van der Waals surface area contributed by atoms with Gasteiger partial charge in [0.25, 0.3) is 0 Å². The molecule has 1 aromatic rings. The Morgan fingerprint density at radius 1 is 1.25 bits per heavy atom. The van der Waals surface area contributed by atoms with Gasteiger partial charge in [-0.25, -0.2) is 8.42 Å². The minimum absolute atomic E-state index is 0.0511. The van der Waals surface area contributed by atoms with Gasteiger partial charge in [0.05, 0.1) is 11.9 Å². The molecule has 5 nitrogen and oxygen atoms in total. The number of carbonyl (C=O) groups excluding carboxylic acids is 1. The second kappa shape index (κ2) is 7.28. The van der Waals surface area contributed by atoms with E-state index in [9.17, 15) is 13.2 Å². The Labute approximate surface area is 121 Å². The van der Waals surface area contributed by atoms with E-state index in [4.69, 9.17) is 0 Å². The number of aryl methyl sites for hydroxylation is 1. The van der Waals surface area contributed by atoms with E-state index in [1.54, 1.807) is 12.1 Å². The fraction of sp³-hybridized carbons (Fsp3) is 0.500. The molecule has 0 aliphatic carbocycles. The lowest BCUT2D eigenvalue weighted by atomic mass is 10.2. The van der Waals surface area contributed by atoms with Crippen LogP contribution in [0.1, 0.15) is 25.3 Å². The molecular formula is C14H22N2O3S. The minimum Gasteiger partial charge on any atom is -0.356 e. The Hall–Kier alpha value is -1.56. The highest BCUT2D eigenvalue weighted by Crippen LogP contribution is 2.18. The first-order valence-corrected chi connectivity index (χ1v) is 8.50. The summed E-state index contributed by atoms with van der Waals surface area (Å²) in [5, 5.41) is 2.70. The van der Waals surface area contributed by atoms with E-state index in [0.29, 0.717) is 31.6 Å². The van der Waals surface area contributed by atoms with Gasteiger partial charge in [0.15, 0.2) is 0 Å². The predicted octanol–water partition coefficient (Wildman–Crippen LogP) is 1.68. The molecule has 1 amide bonds. The molecule has 0 spiro atoms. The summed E-state index contributed by atoms with van der Waals surface area (Å²) in [4.78, 5) is 11.4. The van der Waals surface area contributed by atoms with Crippen molar-refractivity contribution in [2.45, 2.75) is 26.7 Å². The molecule has 20 heavy (non-hydrogen) atoms. The van der Waals surface area contributed by atoms with Crippen LogP contribution in [-0.4, -0.2) is 33.7 Å². The highest BCUT2D eigenvalue weighted by molar-refractivity contribution is 7.92. The third-order valence-corrected chi connectivity index (χ3v) is 4.06. The van der Waals surface area contributed by atoms with Gasteiger partial charge in [-0.1, -0.05) is 17.7 Å². The molecule has 1 N–H and O–H groups in total. The molecule has 0 aliphatic rings. The first-order valence-electron chi connectivity index (χ1n) is 6.65. The van der Waals surface area contributed by atoms with Crippen LogP contribution in [0.25, 0.3) is 0 Å². The average molecular weight is 298 g/mol. The van der Waals surface area contributed by atoms with Crippen molar-refractivity contribution in [3.63, 3.8) is 0 Å². The van der Waals surface area contributed by atoms with E-state index in [1.165, 1.54) is 10.6 Å². The van der Waals surface area contributed by atoms with Crippen molar-refractivity contribution in [3.8, 4) is 0 Å². The molecule has 0 unspecified atom stereocenters. The summed E-state index contributed by atoms with van der Waals surface area (Å²) in [5.74, 6) is -0.0511. The summed E-state index contributed by atoms with van der Waals surface area (Å²) in [6.07, 6.45) is 2.00. The van der Waals surface area contributed by atoms with Gasteiger partial charge in [0, 0.05) is 19.5 Å². The van der Waals surface area contributed by atoms with E-state index in [2.05, 4.69) is 5.32 Å². The quantitative estimate of drug-likeness (QED) is 0.833. The number of carbonyl (C=O) groups is 1. The maximum absolute atomic E-state index is 11.8. The van der Waals surface area contributed by atoms with Gasteiger partial charge in [-0.15, -0.1) is 0 Å². The molecule has 0 atom stereocenters. The van der Waals surface area contributed by atoms with E-state index in [-0.39, 0.29) is 5.91 Å². The predicted molar refractivity (Wildman–Crippen MR) is 81.3 cm³/mol. The second-order valence-corrected chi connectivity index (χ2v) is 6.63. The number of nitrogens with zero attached hydrogens (tertiary/aromatic N) is 1. The van der Waals surface area contributed by atoms with Gasteiger partial charge < -0.3 is 5.32 Å². The monoisotopic (exact) mass is 298 g/mol. The normalized spacial score (nSPS) is 11.2. The molecule has 0 heterocycles. The van der Waals surface area contributed by atoms with E-state index < -0.39 is 10.0 Å². The molecule has 0 aromatic heterocycles. The van der Waals surface area contributed by atoms with Crippen molar-refractivity contribution in [1.29, 1.82) is 0 Å². The zero-order valence-corrected chi connectivity index (χ0v) is 13.0. The molecule has 112 valence electrons. The van der Waals surface area contributed by atoms with Crippen molar-refractivity contribution >= 4 is 21.6 Å². The molecule has 0 saturated carbocycles. The van der Waals surface area contributed by atoms with Crippen LogP contribution in [0.4, 0.5) is 5.69 Å². The fourth-order valence-corrected chi connectivity index (χ4v) is 2.83. The standard InChI is InChI=1S/C14H22N2O3S/c1-4-15-14(17)6-5-11-16(20(3,18)19)13-9-7-12(2)8-10-13/h7-10H,4-6,11H2,1-3H3,(H,15,17). The molecular weight excluding hydrogens is 276 g/mol. The molecule has 6 heteroatoms. The van der Waals surface area contributed by atoms with Crippen LogP contribution in [0.2, 0.25) is 0 Å². The largest absolute Gasteiger partial charge is 0.356 e. The summed E-state index contributed by atoms with van der Waals surface area (Å²) < 4.78 is 25.0. The Bertz CT molecular complexity index is 538. The summed E-state index contributed by atoms with van der Waals surface area (Å²) >= 11 is 0. The maximum atomic E-state index is 11.8.